The first-order chi connectivity index (χ1) is 12.4. The van der Waals surface area contributed by atoms with Crippen LogP contribution in [-0.4, -0.2) is 20.6 Å². The quantitative estimate of drug-likeness (QED) is 0.760. The van der Waals surface area contributed by atoms with E-state index in [1.165, 1.54) is 4.57 Å². The number of rotatable bonds is 5. The molecule has 2 aromatic heterocycles. The molecular formula is C19H22N4O3. The molecule has 7 nitrogen and oxygen atoms in total. The molecule has 3 rings (SSSR count). The van der Waals surface area contributed by atoms with Gasteiger partial charge in [0, 0.05) is 6.54 Å². The molecule has 1 N–H and O–H groups in total. The average molecular weight is 354 g/mol. The van der Waals surface area contributed by atoms with Crippen LogP contribution < -0.4 is 10.9 Å². The molecule has 3 aromatic rings. The van der Waals surface area contributed by atoms with Crippen LogP contribution in [0.25, 0.3) is 11.1 Å². The summed E-state index contributed by atoms with van der Waals surface area (Å²) in [6, 6.07) is 7.31. The smallest absolute Gasteiger partial charge is 0.267 e. The van der Waals surface area contributed by atoms with Gasteiger partial charge in [-0.25, -0.2) is 0 Å². The molecule has 0 aliphatic heterocycles. The summed E-state index contributed by atoms with van der Waals surface area (Å²) in [5, 5.41) is 7.03. The van der Waals surface area contributed by atoms with Crippen molar-refractivity contribution in [3.63, 3.8) is 0 Å². The third kappa shape index (κ3) is 3.24. The monoisotopic (exact) mass is 354 g/mol. The fraction of sp³-hybridized carbons (Fsp3) is 0.368. The minimum absolute atomic E-state index is 0.205. The molecule has 7 heteroatoms. The largest absolute Gasteiger partial charge is 0.350 e. The fourth-order valence-electron chi connectivity index (χ4n) is 3.01. The van der Waals surface area contributed by atoms with Crippen LogP contribution in [-0.2, 0) is 11.3 Å². The van der Waals surface area contributed by atoms with Crippen LogP contribution in [0.15, 0.2) is 33.6 Å². The summed E-state index contributed by atoms with van der Waals surface area (Å²) in [4.78, 5) is 29.9. The van der Waals surface area contributed by atoms with E-state index in [4.69, 9.17) is 4.52 Å². The maximum atomic E-state index is 12.9. The number of hydrogen-bond donors (Lipinski definition) is 1. The Bertz CT molecular complexity index is 1000. The van der Waals surface area contributed by atoms with Gasteiger partial charge in [0.05, 0.1) is 5.69 Å². The van der Waals surface area contributed by atoms with E-state index in [1.807, 2.05) is 38.1 Å². The molecular weight excluding hydrogens is 332 g/mol. The van der Waals surface area contributed by atoms with Crippen LogP contribution in [0.3, 0.4) is 0 Å². The number of fused-ring (bicyclic) bond motifs is 1. The average Bonchev–Trinajstić information content (AvgIpc) is 2.98. The van der Waals surface area contributed by atoms with E-state index in [0.29, 0.717) is 29.9 Å². The van der Waals surface area contributed by atoms with Crippen molar-refractivity contribution in [1.29, 1.82) is 0 Å². The SMILES string of the molecule is CC[C@@H](C(=O)NCc1ccc(C)cc1)n1c(C)nc2onc(C)c2c1=O. The molecule has 0 aliphatic rings. The lowest BCUT2D eigenvalue weighted by Gasteiger charge is -2.19. The molecule has 1 aromatic carbocycles. The molecule has 0 saturated carbocycles. The van der Waals surface area contributed by atoms with Crippen molar-refractivity contribution in [2.24, 2.45) is 0 Å². The van der Waals surface area contributed by atoms with Crippen molar-refractivity contribution < 1.29 is 9.32 Å². The predicted molar refractivity (Wildman–Crippen MR) is 97.9 cm³/mol. The van der Waals surface area contributed by atoms with E-state index in [2.05, 4.69) is 15.5 Å². The highest BCUT2D eigenvalue weighted by Crippen LogP contribution is 2.17. The summed E-state index contributed by atoms with van der Waals surface area (Å²) < 4.78 is 6.51. The first kappa shape index (κ1) is 17.8. The van der Waals surface area contributed by atoms with E-state index in [-0.39, 0.29) is 17.2 Å². The van der Waals surface area contributed by atoms with E-state index in [9.17, 15) is 9.59 Å². The number of nitrogens with zero attached hydrogens (tertiary/aromatic N) is 3. The summed E-state index contributed by atoms with van der Waals surface area (Å²) in [5.41, 5.74) is 2.55. The number of carbonyl (C=O) groups is 1. The van der Waals surface area contributed by atoms with Crippen LogP contribution in [0, 0.1) is 20.8 Å². The Balaban J connectivity index is 1.89. The standard InChI is InChI=1S/C19H22N4O3/c1-5-15(17(24)20-10-14-8-6-11(2)7-9-14)23-13(4)21-18-16(19(23)25)12(3)22-26-18/h6-9,15H,5,10H2,1-4H3,(H,20,24)/t15-/m0/s1. The molecule has 0 unspecified atom stereocenters. The summed E-state index contributed by atoms with van der Waals surface area (Å²) in [6.07, 6.45) is 0.470. The maximum absolute atomic E-state index is 12.9. The molecule has 26 heavy (non-hydrogen) atoms. The van der Waals surface area contributed by atoms with Gasteiger partial charge in [0.2, 0.25) is 5.91 Å². The molecule has 0 radical (unpaired) electrons. The van der Waals surface area contributed by atoms with Gasteiger partial charge in [0.1, 0.15) is 17.3 Å². The summed E-state index contributed by atoms with van der Waals surface area (Å²) in [5.74, 6) is 0.213. The Labute approximate surface area is 151 Å². The van der Waals surface area contributed by atoms with Crippen LogP contribution in [0.2, 0.25) is 0 Å². The predicted octanol–water partition coefficient (Wildman–Crippen LogP) is 2.58. The van der Waals surface area contributed by atoms with Crippen LogP contribution in [0.4, 0.5) is 0 Å². The van der Waals surface area contributed by atoms with Crippen molar-refractivity contribution in [3.05, 3.63) is 57.3 Å². The maximum Gasteiger partial charge on any atom is 0.267 e. The van der Waals surface area contributed by atoms with Crippen LogP contribution in [0.1, 0.15) is 42.0 Å². The Kier molecular flexibility index (Phi) is 4.88. The second-order valence-electron chi connectivity index (χ2n) is 6.41. The van der Waals surface area contributed by atoms with E-state index >= 15 is 0 Å². The lowest BCUT2D eigenvalue weighted by molar-refractivity contribution is -0.124. The second kappa shape index (κ2) is 7.11. The first-order valence-electron chi connectivity index (χ1n) is 8.60. The minimum atomic E-state index is -0.640. The van der Waals surface area contributed by atoms with Gasteiger partial charge in [0.15, 0.2) is 0 Å². The first-order valence-corrected chi connectivity index (χ1v) is 8.60. The molecule has 0 aliphatic carbocycles. The number of benzene rings is 1. The lowest BCUT2D eigenvalue weighted by atomic mass is 10.1. The van der Waals surface area contributed by atoms with Gasteiger partial charge in [-0.1, -0.05) is 41.9 Å². The minimum Gasteiger partial charge on any atom is -0.350 e. The zero-order valence-corrected chi connectivity index (χ0v) is 15.4. The number of aromatic nitrogens is 3. The van der Waals surface area contributed by atoms with Gasteiger partial charge in [-0.2, -0.15) is 4.98 Å². The molecule has 1 atom stereocenters. The summed E-state index contributed by atoms with van der Waals surface area (Å²) >= 11 is 0. The van der Waals surface area contributed by atoms with Gasteiger partial charge in [0.25, 0.3) is 11.3 Å². The molecule has 0 bridgehead atoms. The van der Waals surface area contributed by atoms with Crippen molar-refractivity contribution >= 4 is 17.0 Å². The third-order valence-corrected chi connectivity index (χ3v) is 4.48. The fourth-order valence-corrected chi connectivity index (χ4v) is 3.01. The number of amides is 1. The zero-order valence-electron chi connectivity index (χ0n) is 15.4. The number of carbonyl (C=O) groups excluding carboxylic acids is 1. The molecule has 0 saturated heterocycles. The molecule has 1 amide bonds. The highest BCUT2D eigenvalue weighted by atomic mass is 16.5. The Hall–Kier alpha value is -2.96. The molecule has 2 heterocycles. The Morgan fingerprint density at radius 2 is 1.92 bits per heavy atom. The van der Waals surface area contributed by atoms with Gasteiger partial charge >= 0.3 is 0 Å². The normalized spacial score (nSPS) is 12.3. The molecule has 0 spiro atoms. The lowest BCUT2D eigenvalue weighted by Crippen LogP contribution is -2.38. The van der Waals surface area contributed by atoms with Gasteiger partial charge in [-0.3, -0.25) is 14.2 Å². The highest BCUT2D eigenvalue weighted by molar-refractivity contribution is 5.81. The number of nitrogens with one attached hydrogen (secondary N) is 1. The Morgan fingerprint density at radius 1 is 1.23 bits per heavy atom. The van der Waals surface area contributed by atoms with Crippen molar-refractivity contribution in [2.45, 2.75) is 46.7 Å². The van der Waals surface area contributed by atoms with Crippen LogP contribution >= 0.6 is 0 Å². The van der Waals surface area contributed by atoms with E-state index in [1.54, 1.807) is 13.8 Å². The van der Waals surface area contributed by atoms with Gasteiger partial charge in [-0.05, 0) is 32.8 Å². The van der Waals surface area contributed by atoms with Crippen molar-refractivity contribution in [1.82, 2.24) is 20.0 Å². The second-order valence-corrected chi connectivity index (χ2v) is 6.41. The third-order valence-electron chi connectivity index (χ3n) is 4.48. The molecule has 0 fully saturated rings. The van der Waals surface area contributed by atoms with Crippen molar-refractivity contribution in [2.75, 3.05) is 0 Å². The van der Waals surface area contributed by atoms with E-state index < -0.39 is 6.04 Å². The highest BCUT2D eigenvalue weighted by Gasteiger charge is 2.24. The topological polar surface area (TPSA) is 90.0 Å². The number of aryl methyl sites for hydroxylation is 3. The summed E-state index contributed by atoms with van der Waals surface area (Å²) in [6.45, 7) is 7.67. The molecule has 136 valence electrons. The number of hydrogen-bond acceptors (Lipinski definition) is 5. The van der Waals surface area contributed by atoms with Crippen LogP contribution in [0.5, 0.6) is 0 Å². The Morgan fingerprint density at radius 3 is 2.58 bits per heavy atom. The summed E-state index contributed by atoms with van der Waals surface area (Å²) in [7, 11) is 0. The van der Waals surface area contributed by atoms with E-state index in [0.717, 1.165) is 11.1 Å². The zero-order chi connectivity index (χ0) is 18.8. The van der Waals surface area contributed by atoms with Gasteiger partial charge < -0.3 is 9.84 Å². The van der Waals surface area contributed by atoms with Gasteiger partial charge in [-0.15, -0.1) is 0 Å². The van der Waals surface area contributed by atoms with Crippen molar-refractivity contribution in [3.8, 4) is 0 Å².